The normalized spacial score (nSPS) is 12.0. The first kappa shape index (κ1) is 64.2. The number of allylic oxidation sites excluding steroid dienone is 2. The van der Waals surface area contributed by atoms with Crippen molar-refractivity contribution in [2.45, 2.75) is 341 Å². The predicted molar refractivity (Wildman–Crippen MR) is 284 cm³/mol. The molecular formula is C60H114O6. The van der Waals surface area contributed by atoms with E-state index in [0.29, 0.717) is 19.3 Å². The fourth-order valence-corrected chi connectivity index (χ4v) is 9.03. The average Bonchev–Trinajstić information content (AvgIpc) is 3.31. The molecule has 0 radical (unpaired) electrons. The number of ether oxygens (including phenoxy) is 3. The second-order valence-electron chi connectivity index (χ2n) is 20.3. The van der Waals surface area contributed by atoms with Gasteiger partial charge in [0.15, 0.2) is 6.10 Å². The molecule has 0 aromatic heterocycles. The Morgan fingerprint density at radius 1 is 0.288 bits per heavy atom. The number of unbranched alkanes of at least 4 members (excludes halogenated alkanes) is 42. The third-order valence-electron chi connectivity index (χ3n) is 13.5. The summed E-state index contributed by atoms with van der Waals surface area (Å²) >= 11 is 0. The van der Waals surface area contributed by atoms with E-state index >= 15 is 0 Å². The van der Waals surface area contributed by atoms with Gasteiger partial charge in [-0.15, -0.1) is 0 Å². The summed E-state index contributed by atoms with van der Waals surface area (Å²) in [4.78, 5) is 38.2. The first-order chi connectivity index (χ1) is 32.5. The van der Waals surface area contributed by atoms with Gasteiger partial charge >= 0.3 is 17.9 Å². The summed E-state index contributed by atoms with van der Waals surface area (Å²) in [6, 6.07) is 0. The quantitative estimate of drug-likeness (QED) is 0.0262. The summed E-state index contributed by atoms with van der Waals surface area (Å²) in [5.74, 6) is -0.848. The number of rotatable bonds is 55. The minimum atomic E-state index is -0.767. The highest BCUT2D eigenvalue weighted by molar-refractivity contribution is 5.71. The number of carbonyl (C=O) groups excluding carboxylic acids is 3. The van der Waals surface area contributed by atoms with Crippen LogP contribution in [0.25, 0.3) is 0 Å². The Kier molecular flexibility index (Phi) is 54.2. The number of esters is 3. The molecule has 0 aliphatic carbocycles. The molecule has 0 N–H and O–H groups in total. The Hall–Kier alpha value is -1.85. The number of hydrogen-bond donors (Lipinski definition) is 0. The van der Waals surface area contributed by atoms with Gasteiger partial charge in [-0.05, 0) is 44.9 Å². The van der Waals surface area contributed by atoms with Crippen LogP contribution in [0.15, 0.2) is 12.2 Å². The molecule has 6 nitrogen and oxygen atoms in total. The highest BCUT2D eigenvalue weighted by Gasteiger charge is 2.19. The first-order valence-electron chi connectivity index (χ1n) is 29.7. The van der Waals surface area contributed by atoms with Crippen molar-refractivity contribution < 1.29 is 28.6 Å². The van der Waals surface area contributed by atoms with Gasteiger partial charge in [0, 0.05) is 19.3 Å². The zero-order chi connectivity index (χ0) is 47.9. The number of hydrogen-bond acceptors (Lipinski definition) is 6. The molecule has 0 aliphatic heterocycles. The van der Waals surface area contributed by atoms with Gasteiger partial charge in [0.1, 0.15) is 13.2 Å². The van der Waals surface area contributed by atoms with Gasteiger partial charge in [0.05, 0.1) is 0 Å². The Labute approximate surface area is 411 Å². The second kappa shape index (κ2) is 55.7. The molecule has 0 spiro atoms. The number of carbonyl (C=O) groups is 3. The summed E-state index contributed by atoms with van der Waals surface area (Å²) in [6.07, 6.45) is 63.4. The summed E-state index contributed by atoms with van der Waals surface area (Å²) < 4.78 is 16.9. The van der Waals surface area contributed by atoms with Crippen LogP contribution in [0.5, 0.6) is 0 Å². The predicted octanol–water partition coefficient (Wildman–Crippen LogP) is 19.7. The highest BCUT2D eigenvalue weighted by Crippen LogP contribution is 2.17. The molecule has 0 bridgehead atoms. The molecule has 1 atom stereocenters. The molecule has 390 valence electrons. The van der Waals surface area contributed by atoms with Crippen molar-refractivity contribution >= 4 is 17.9 Å². The van der Waals surface area contributed by atoms with E-state index in [9.17, 15) is 14.4 Å². The zero-order valence-electron chi connectivity index (χ0n) is 44.7. The largest absolute Gasteiger partial charge is 0.462 e. The lowest BCUT2D eigenvalue weighted by atomic mass is 10.0. The molecule has 0 heterocycles. The third-order valence-corrected chi connectivity index (χ3v) is 13.5. The van der Waals surface area contributed by atoms with Crippen molar-refractivity contribution in [1.82, 2.24) is 0 Å². The van der Waals surface area contributed by atoms with Crippen LogP contribution in [0.2, 0.25) is 0 Å². The molecule has 0 saturated carbocycles. The van der Waals surface area contributed by atoms with Gasteiger partial charge in [0.2, 0.25) is 0 Å². The van der Waals surface area contributed by atoms with Crippen LogP contribution in [0.4, 0.5) is 0 Å². The van der Waals surface area contributed by atoms with E-state index in [1.54, 1.807) is 0 Å². The highest BCUT2D eigenvalue weighted by atomic mass is 16.6. The van der Waals surface area contributed by atoms with Gasteiger partial charge in [-0.3, -0.25) is 14.4 Å². The van der Waals surface area contributed by atoms with Gasteiger partial charge in [0.25, 0.3) is 0 Å². The van der Waals surface area contributed by atoms with E-state index < -0.39 is 6.10 Å². The second-order valence-corrected chi connectivity index (χ2v) is 20.3. The lowest BCUT2D eigenvalue weighted by molar-refractivity contribution is -0.167. The average molecular weight is 932 g/mol. The van der Waals surface area contributed by atoms with Gasteiger partial charge < -0.3 is 14.2 Å². The van der Waals surface area contributed by atoms with Crippen molar-refractivity contribution in [3.8, 4) is 0 Å². The van der Waals surface area contributed by atoms with Crippen molar-refractivity contribution in [3.05, 3.63) is 12.2 Å². The third kappa shape index (κ3) is 53.1. The molecule has 0 aliphatic rings. The molecule has 66 heavy (non-hydrogen) atoms. The molecule has 0 saturated heterocycles. The SMILES string of the molecule is CCCCCCCCC/C=C\CCCCCCCC(=O)OCC(COC(=O)CCCCCCCCCCCCCCCCCC)OC(=O)CCCCCCCCCCCCCCCCCC. The van der Waals surface area contributed by atoms with Crippen molar-refractivity contribution in [2.24, 2.45) is 0 Å². The van der Waals surface area contributed by atoms with Crippen LogP contribution in [-0.4, -0.2) is 37.2 Å². The van der Waals surface area contributed by atoms with Gasteiger partial charge in [-0.1, -0.05) is 283 Å². The summed E-state index contributed by atoms with van der Waals surface area (Å²) in [7, 11) is 0. The van der Waals surface area contributed by atoms with Crippen LogP contribution >= 0.6 is 0 Å². The van der Waals surface area contributed by atoms with E-state index in [2.05, 4.69) is 32.9 Å². The van der Waals surface area contributed by atoms with Gasteiger partial charge in [-0.2, -0.15) is 0 Å². The van der Waals surface area contributed by atoms with Crippen molar-refractivity contribution in [1.29, 1.82) is 0 Å². The van der Waals surface area contributed by atoms with Crippen molar-refractivity contribution in [3.63, 3.8) is 0 Å². The minimum Gasteiger partial charge on any atom is -0.462 e. The zero-order valence-corrected chi connectivity index (χ0v) is 44.7. The van der Waals surface area contributed by atoms with Crippen LogP contribution in [0, 0.1) is 0 Å². The Morgan fingerprint density at radius 3 is 0.758 bits per heavy atom. The lowest BCUT2D eigenvalue weighted by Gasteiger charge is -2.18. The monoisotopic (exact) mass is 931 g/mol. The molecule has 6 heteroatoms. The molecule has 0 fully saturated rings. The summed E-state index contributed by atoms with van der Waals surface area (Å²) in [5, 5.41) is 0. The lowest BCUT2D eigenvalue weighted by Crippen LogP contribution is -2.30. The summed E-state index contributed by atoms with van der Waals surface area (Å²) in [6.45, 7) is 6.69. The maximum absolute atomic E-state index is 12.9. The minimum absolute atomic E-state index is 0.0663. The Morgan fingerprint density at radius 2 is 0.500 bits per heavy atom. The van der Waals surface area contributed by atoms with Gasteiger partial charge in [-0.25, -0.2) is 0 Å². The van der Waals surface area contributed by atoms with Crippen molar-refractivity contribution in [2.75, 3.05) is 13.2 Å². The maximum Gasteiger partial charge on any atom is 0.306 e. The van der Waals surface area contributed by atoms with Crippen LogP contribution in [0.1, 0.15) is 335 Å². The van der Waals surface area contributed by atoms with E-state index in [4.69, 9.17) is 14.2 Å². The molecule has 1 unspecified atom stereocenters. The molecule has 0 amide bonds. The molecule has 0 aromatic rings. The van der Waals surface area contributed by atoms with E-state index in [1.807, 2.05) is 0 Å². The topological polar surface area (TPSA) is 78.9 Å². The van der Waals surface area contributed by atoms with E-state index in [0.717, 1.165) is 64.2 Å². The maximum atomic E-state index is 12.9. The molecule has 0 rings (SSSR count). The Balaban J connectivity index is 4.32. The molecular weight excluding hydrogens is 817 g/mol. The molecule has 0 aromatic carbocycles. The smallest absolute Gasteiger partial charge is 0.306 e. The fraction of sp³-hybridized carbons (Fsp3) is 0.917. The van der Waals surface area contributed by atoms with Crippen LogP contribution in [0.3, 0.4) is 0 Å². The van der Waals surface area contributed by atoms with E-state index in [-0.39, 0.29) is 31.1 Å². The first-order valence-corrected chi connectivity index (χ1v) is 29.7. The standard InChI is InChI=1S/C60H114O6/c1-4-7-10-13-16-19-22-25-28-31-34-37-40-43-46-49-52-58(61)64-55-57(66-60(63)54-51-48-45-42-39-36-33-30-27-24-21-18-15-12-9-6-3)56-65-59(62)53-50-47-44-41-38-35-32-29-26-23-20-17-14-11-8-5-2/h28,31,57H,4-27,29-30,32-56H2,1-3H3/b31-28-. The summed E-state index contributed by atoms with van der Waals surface area (Å²) in [5.41, 5.74) is 0. The van der Waals surface area contributed by atoms with Crippen LogP contribution < -0.4 is 0 Å². The Bertz CT molecular complexity index is 1020. The van der Waals surface area contributed by atoms with Crippen LogP contribution in [-0.2, 0) is 28.6 Å². The fourth-order valence-electron chi connectivity index (χ4n) is 9.03. The van der Waals surface area contributed by atoms with E-state index in [1.165, 1.54) is 231 Å².